The molecule has 0 aromatic heterocycles. The first-order valence-corrected chi connectivity index (χ1v) is 21.1. The van der Waals surface area contributed by atoms with Crippen LogP contribution in [0.4, 0.5) is 0 Å². The van der Waals surface area contributed by atoms with Crippen LogP contribution in [0.1, 0.15) is 169 Å². The normalized spacial score (nSPS) is 17.3. The van der Waals surface area contributed by atoms with Crippen molar-refractivity contribution < 1.29 is 0 Å². The van der Waals surface area contributed by atoms with E-state index in [0.717, 1.165) is 19.3 Å². The van der Waals surface area contributed by atoms with E-state index in [-0.39, 0.29) is 18.3 Å². The predicted molar refractivity (Wildman–Crippen MR) is 258 cm³/mol. The van der Waals surface area contributed by atoms with Crippen molar-refractivity contribution in [3.8, 4) is 0 Å². The molecule has 0 unspecified atom stereocenters. The van der Waals surface area contributed by atoms with E-state index in [4.69, 9.17) is 0 Å². The molecule has 0 nitrogen and oxygen atoms in total. The lowest BCUT2D eigenvalue weighted by molar-refractivity contribution is 0.654. The Bertz CT molecular complexity index is 1940. The zero-order valence-electron chi connectivity index (χ0n) is 38.1. The summed E-state index contributed by atoms with van der Waals surface area (Å²) in [6, 6.07) is 24.7. The standard InChI is InChI=1S/C22H22.C16H20.C13H22.2C2H6.CH4/c1-15-12-13-18-20(14-15)22(2,3)19-11-7-10-17(21(18)19)16-8-5-4-6-9-16;1-6-12-13-9-8-11(3)10-15(13)16(4,5)14(12)7-2;1-7-8-12(6)13(11(4)5)9-10(2)3;2*1-2;/h4-6,8-9,11-14H,7,10H2,1-3H3;6-10H,1-5H3;7-8,11H,2,9H2,1,3-6H3;2*1-2H3;1H4/b;12-6-,14-7+;8-7-,13-12-;;;. The summed E-state index contributed by atoms with van der Waals surface area (Å²) >= 11 is 0. The minimum Gasteiger partial charge on any atom is -0.0998 e. The molecule has 3 aromatic rings. The molecule has 0 spiro atoms. The van der Waals surface area contributed by atoms with Gasteiger partial charge in [0.1, 0.15) is 0 Å². The highest BCUT2D eigenvalue weighted by Gasteiger charge is 2.40. The van der Waals surface area contributed by atoms with E-state index in [9.17, 15) is 0 Å². The minimum atomic E-state index is 0. The number of allylic oxidation sites excluding steroid dienone is 13. The van der Waals surface area contributed by atoms with Crippen molar-refractivity contribution in [3.63, 3.8) is 0 Å². The van der Waals surface area contributed by atoms with Crippen molar-refractivity contribution >= 4 is 16.7 Å². The van der Waals surface area contributed by atoms with E-state index < -0.39 is 0 Å². The van der Waals surface area contributed by atoms with Gasteiger partial charge in [0, 0.05) is 10.8 Å². The maximum absolute atomic E-state index is 3.96. The summed E-state index contributed by atoms with van der Waals surface area (Å²) in [5.41, 5.74) is 21.7. The molecule has 0 heteroatoms. The van der Waals surface area contributed by atoms with Crippen LogP contribution in [-0.4, -0.2) is 0 Å². The van der Waals surface area contributed by atoms with Crippen LogP contribution in [0, 0.1) is 19.8 Å². The van der Waals surface area contributed by atoms with Gasteiger partial charge >= 0.3 is 0 Å². The Kier molecular flexibility index (Phi) is 20.1. The molecule has 0 radical (unpaired) electrons. The molecule has 3 aliphatic rings. The molecule has 0 heterocycles. The number of rotatable bonds is 5. The molecule has 0 fully saturated rings. The molecule has 0 aliphatic heterocycles. The Labute approximate surface area is 347 Å². The highest BCUT2D eigenvalue weighted by molar-refractivity contribution is 6.04. The van der Waals surface area contributed by atoms with Crippen LogP contribution in [-0.2, 0) is 10.8 Å². The van der Waals surface area contributed by atoms with E-state index in [0.29, 0.717) is 5.92 Å². The Morgan fingerprint density at radius 3 is 1.77 bits per heavy atom. The Morgan fingerprint density at radius 1 is 0.750 bits per heavy atom. The van der Waals surface area contributed by atoms with Crippen molar-refractivity contribution in [1.29, 1.82) is 0 Å². The lowest BCUT2D eigenvalue weighted by Gasteiger charge is -2.26. The minimum absolute atomic E-state index is 0. The molecule has 0 atom stereocenters. The topological polar surface area (TPSA) is 0 Å². The lowest BCUT2D eigenvalue weighted by Crippen LogP contribution is -2.16. The van der Waals surface area contributed by atoms with Crippen molar-refractivity contribution in [3.05, 3.63) is 170 Å². The van der Waals surface area contributed by atoms with Gasteiger partial charge in [-0.15, -0.1) is 0 Å². The van der Waals surface area contributed by atoms with E-state index in [1.807, 2.05) is 27.7 Å². The van der Waals surface area contributed by atoms with Gasteiger partial charge in [0.05, 0.1) is 0 Å². The van der Waals surface area contributed by atoms with Gasteiger partial charge < -0.3 is 0 Å². The Hall–Kier alpha value is -4.16. The van der Waals surface area contributed by atoms with Crippen LogP contribution in [0.15, 0.2) is 132 Å². The monoisotopic (exact) mass is 753 g/mol. The Balaban J connectivity index is 0.000000413. The lowest BCUT2D eigenvalue weighted by atomic mass is 9.78. The average Bonchev–Trinajstić information content (AvgIpc) is 3.54. The van der Waals surface area contributed by atoms with Gasteiger partial charge in [-0.2, -0.15) is 0 Å². The maximum Gasteiger partial charge on any atom is 0.0155 e. The molecule has 304 valence electrons. The highest BCUT2D eigenvalue weighted by atomic mass is 14.4. The second-order valence-electron chi connectivity index (χ2n) is 16.1. The van der Waals surface area contributed by atoms with Gasteiger partial charge in [-0.3, -0.25) is 0 Å². The number of hydrogen-bond acceptors (Lipinski definition) is 0. The van der Waals surface area contributed by atoms with Crippen LogP contribution in [0.25, 0.3) is 16.7 Å². The zero-order valence-corrected chi connectivity index (χ0v) is 38.1. The van der Waals surface area contributed by atoms with E-state index >= 15 is 0 Å². The largest absolute Gasteiger partial charge is 0.0998 e. The van der Waals surface area contributed by atoms with E-state index in [1.165, 1.54) is 83.5 Å². The summed E-state index contributed by atoms with van der Waals surface area (Å²) in [6.07, 6.45) is 14.6. The molecule has 3 aromatic carbocycles. The molecular formula is C56H80. The van der Waals surface area contributed by atoms with Crippen molar-refractivity contribution in [2.24, 2.45) is 5.92 Å². The molecule has 6 rings (SSSR count). The number of hydrogen-bond donors (Lipinski definition) is 0. The summed E-state index contributed by atoms with van der Waals surface area (Å²) in [6.45, 7) is 40.8. The second-order valence-corrected chi connectivity index (χ2v) is 16.1. The third-order valence-electron chi connectivity index (χ3n) is 11.0. The number of benzene rings is 3. The van der Waals surface area contributed by atoms with Crippen LogP contribution >= 0.6 is 0 Å². The third kappa shape index (κ3) is 11.2. The quantitative estimate of drug-likeness (QED) is 0.180. The summed E-state index contributed by atoms with van der Waals surface area (Å²) in [4.78, 5) is 0. The maximum atomic E-state index is 3.96. The number of fused-ring (bicyclic) bond motifs is 4. The van der Waals surface area contributed by atoms with Crippen LogP contribution < -0.4 is 0 Å². The highest BCUT2D eigenvalue weighted by Crippen LogP contribution is 2.55. The van der Waals surface area contributed by atoms with Crippen molar-refractivity contribution in [1.82, 2.24) is 0 Å². The van der Waals surface area contributed by atoms with Gasteiger partial charge in [0.15, 0.2) is 0 Å². The van der Waals surface area contributed by atoms with Gasteiger partial charge in [-0.05, 0) is 129 Å². The summed E-state index contributed by atoms with van der Waals surface area (Å²) in [5, 5.41) is 0. The SMILES string of the molecule is C.C/C=C1\C(=C/C)c2ccc(C)cc2C1(C)C.C=C(C)C/C(=C(C)/C=C\C)C(C)C.CC.CC.Cc1ccc2c(c1)C(C)(C)C1=CCCC(c3ccccc3)=C12. The van der Waals surface area contributed by atoms with E-state index in [2.05, 4.69) is 194 Å². The van der Waals surface area contributed by atoms with Crippen molar-refractivity contribution in [2.45, 2.75) is 155 Å². The molecule has 3 aliphatic carbocycles. The first kappa shape index (κ1) is 49.9. The molecule has 0 bridgehead atoms. The summed E-state index contributed by atoms with van der Waals surface area (Å²) in [7, 11) is 0. The zero-order chi connectivity index (χ0) is 41.7. The molecular weight excluding hydrogens is 673 g/mol. The molecule has 56 heavy (non-hydrogen) atoms. The fourth-order valence-corrected chi connectivity index (χ4v) is 8.44. The number of aryl methyl sites for hydroxylation is 2. The Morgan fingerprint density at radius 2 is 1.29 bits per heavy atom. The van der Waals surface area contributed by atoms with E-state index in [1.54, 1.807) is 0 Å². The van der Waals surface area contributed by atoms with Gasteiger partial charge in [-0.25, -0.2) is 0 Å². The van der Waals surface area contributed by atoms with Crippen LogP contribution in [0.3, 0.4) is 0 Å². The summed E-state index contributed by atoms with van der Waals surface area (Å²) in [5.74, 6) is 0.618. The summed E-state index contributed by atoms with van der Waals surface area (Å²) < 4.78 is 0. The fourth-order valence-electron chi connectivity index (χ4n) is 8.44. The second kappa shape index (κ2) is 22.5. The van der Waals surface area contributed by atoms with Gasteiger partial charge in [0.25, 0.3) is 0 Å². The van der Waals surface area contributed by atoms with Gasteiger partial charge in [-0.1, -0.05) is 208 Å². The first-order chi connectivity index (χ1) is 26.1. The third-order valence-corrected chi connectivity index (χ3v) is 11.0. The average molecular weight is 753 g/mol. The fraction of sp³-hybridized carbons (Fsp3) is 0.429. The molecule has 0 N–H and O–H groups in total. The smallest absolute Gasteiger partial charge is 0.0155 e. The molecule has 0 saturated heterocycles. The first-order valence-electron chi connectivity index (χ1n) is 21.1. The van der Waals surface area contributed by atoms with Crippen LogP contribution in [0.5, 0.6) is 0 Å². The van der Waals surface area contributed by atoms with Gasteiger partial charge in [0.2, 0.25) is 0 Å². The predicted octanol–water partition coefficient (Wildman–Crippen LogP) is 17.7. The van der Waals surface area contributed by atoms with Crippen LogP contribution in [0.2, 0.25) is 0 Å². The van der Waals surface area contributed by atoms with Crippen molar-refractivity contribution in [2.75, 3.05) is 0 Å². The molecule has 0 amide bonds. The molecule has 0 saturated carbocycles.